The highest BCUT2D eigenvalue weighted by Gasteiger charge is 2.19. The fourth-order valence-electron chi connectivity index (χ4n) is 10.6. The van der Waals surface area contributed by atoms with Crippen LogP contribution < -0.4 is 0 Å². The zero-order valence-corrected chi connectivity index (χ0v) is 36.0. The molecule has 0 aliphatic rings. The van der Waals surface area contributed by atoms with E-state index >= 15 is 0 Å². The number of benzene rings is 11. The van der Waals surface area contributed by atoms with Crippen molar-refractivity contribution in [3.05, 3.63) is 243 Å². The second-order valence-electron chi connectivity index (χ2n) is 17.3. The van der Waals surface area contributed by atoms with Gasteiger partial charge in [0.2, 0.25) is 0 Å². The summed E-state index contributed by atoms with van der Waals surface area (Å²) in [4.78, 5) is 0. The molecule has 0 fully saturated rings. The number of aromatic nitrogens is 2. The van der Waals surface area contributed by atoms with Crippen molar-refractivity contribution in [3.63, 3.8) is 0 Å². The van der Waals surface area contributed by atoms with E-state index in [0.29, 0.717) is 22.1 Å². The molecule has 312 valence electrons. The number of hydrogen-bond acceptors (Lipinski definition) is 1. The zero-order valence-electron chi connectivity index (χ0n) is 41.0. The van der Waals surface area contributed by atoms with Crippen LogP contribution in [0.25, 0.3) is 132 Å². The normalized spacial score (nSPS) is 12.9. The van der Waals surface area contributed by atoms with E-state index in [2.05, 4.69) is 191 Å². The minimum atomic E-state index is -0.417. The van der Waals surface area contributed by atoms with Gasteiger partial charge in [-0.05, 0) is 122 Å². The topological polar surface area (TPSA) is 23.0 Å². The summed E-state index contributed by atoms with van der Waals surface area (Å²) in [5.74, 6) is 0. The lowest BCUT2D eigenvalue weighted by Gasteiger charge is -2.14. The summed E-state index contributed by atoms with van der Waals surface area (Å²) >= 11 is 0. The standard InChI is InChI=1S/C64H40N2O/c1-3-14-41(15-4-1)49-22-11-18-44-19-12-23-50(63(44)49)43-28-32-47(33-29-43)65-57-25-9-7-20-52(57)55-38-45(30-36-59(55)65)46-31-37-60-56(39-46)53-21-8-10-26-58(53)66(60)48-34-35-54-62(40-48)67-61-27-13-24-51(64(54)61)42-16-5-2-6-17-42/h1-40H/i2D,5D,6D,16D,17D. The van der Waals surface area contributed by atoms with Crippen LogP contribution in [0.2, 0.25) is 0 Å². The Hall–Kier alpha value is -8.92. The minimum Gasteiger partial charge on any atom is -0.456 e. The van der Waals surface area contributed by atoms with Crippen LogP contribution in [0, 0.1) is 0 Å². The zero-order chi connectivity index (χ0) is 48.4. The highest BCUT2D eigenvalue weighted by atomic mass is 16.3. The van der Waals surface area contributed by atoms with Crippen LogP contribution >= 0.6 is 0 Å². The van der Waals surface area contributed by atoms with Crippen molar-refractivity contribution in [1.82, 2.24) is 9.13 Å². The van der Waals surface area contributed by atoms with Crippen molar-refractivity contribution in [2.75, 3.05) is 0 Å². The van der Waals surface area contributed by atoms with Crippen LogP contribution in [-0.2, 0) is 0 Å². The van der Waals surface area contributed by atoms with Crippen molar-refractivity contribution in [2.45, 2.75) is 0 Å². The quantitative estimate of drug-likeness (QED) is 0.163. The summed E-state index contributed by atoms with van der Waals surface area (Å²) in [6.07, 6.45) is 0. The lowest BCUT2D eigenvalue weighted by atomic mass is 9.91. The molecule has 3 aromatic heterocycles. The SMILES string of the molecule is [2H]c1c([2H])c([2H])c(-c2cccc3oc4cc(-n5c6ccccc6c6cc(-c7ccc8c(c7)c7ccccc7n8-c7ccc(-c8cccc9cccc(-c%10ccccc%10)c89)cc7)ccc65)ccc4c23)c([2H])c1[2H]. The minimum absolute atomic E-state index is 0.155. The number of rotatable bonds is 6. The molecule has 0 atom stereocenters. The molecule has 0 saturated carbocycles. The molecular weight excluding hydrogens is 813 g/mol. The van der Waals surface area contributed by atoms with E-state index in [-0.39, 0.29) is 29.7 Å². The summed E-state index contributed by atoms with van der Waals surface area (Å²) in [6.45, 7) is 0. The molecule has 0 N–H and O–H groups in total. The first-order valence-electron chi connectivity index (χ1n) is 25.1. The van der Waals surface area contributed by atoms with Gasteiger partial charge in [0.25, 0.3) is 0 Å². The van der Waals surface area contributed by atoms with Crippen molar-refractivity contribution in [2.24, 2.45) is 0 Å². The first kappa shape index (κ1) is 32.7. The van der Waals surface area contributed by atoms with Gasteiger partial charge < -0.3 is 13.6 Å². The van der Waals surface area contributed by atoms with Gasteiger partial charge in [0.05, 0.1) is 28.9 Å². The molecule has 14 rings (SSSR count). The van der Waals surface area contributed by atoms with E-state index in [4.69, 9.17) is 11.3 Å². The number of nitrogens with zero attached hydrogens (tertiary/aromatic N) is 2. The smallest absolute Gasteiger partial charge is 0.137 e. The van der Waals surface area contributed by atoms with E-state index in [0.717, 1.165) is 60.7 Å². The lowest BCUT2D eigenvalue weighted by molar-refractivity contribution is 0.668. The molecule has 0 saturated heterocycles. The third-order valence-electron chi connectivity index (χ3n) is 13.6. The first-order chi connectivity index (χ1) is 35.3. The van der Waals surface area contributed by atoms with Gasteiger partial charge in [-0.15, -0.1) is 0 Å². The highest BCUT2D eigenvalue weighted by molar-refractivity contribution is 6.15. The Morgan fingerprint density at radius 1 is 0.313 bits per heavy atom. The molecular formula is C64H40N2O. The maximum atomic E-state index is 8.72. The van der Waals surface area contributed by atoms with Crippen LogP contribution in [0.15, 0.2) is 247 Å². The molecule has 0 aliphatic heterocycles. The van der Waals surface area contributed by atoms with Gasteiger partial charge in [-0.1, -0.05) is 170 Å². The summed E-state index contributed by atoms with van der Waals surface area (Å²) in [6, 6.07) is 73.4. The predicted octanol–water partition coefficient (Wildman–Crippen LogP) is 17.6. The van der Waals surface area contributed by atoms with Crippen molar-refractivity contribution in [3.8, 4) is 55.9 Å². The van der Waals surface area contributed by atoms with Gasteiger partial charge in [-0.25, -0.2) is 0 Å². The van der Waals surface area contributed by atoms with Crippen LogP contribution in [0.4, 0.5) is 0 Å². The van der Waals surface area contributed by atoms with Crippen LogP contribution in [0.3, 0.4) is 0 Å². The Balaban J connectivity index is 0.855. The van der Waals surface area contributed by atoms with Gasteiger partial charge in [-0.3, -0.25) is 0 Å². The second-order valence-corrected chi connectivity index (χ2v) is 17.3. The fourth-order valence-corrected chi connectivity index (χ4v) is 10.6. The average Bonchev–Trinajstić information content (AvgIpc) is 4.09. The Labute approximate surface area is 393 Å². The summed E-state index contributed by atoms with van der Waals surface area (Å²) in [5, 5.41) is 8.61. The Bertz CT molecular complexity index is 4530. The van der Waals surface area contributed by atoms with Crippen molar-refractivity contribution >= 4 is 76.3 Å². The van der Waals surface area contributed by atoms with Crippen LogP contribution in [-0.4, -0.2) is 9.13 Å². The van der Waals surface area contributed by atoms with E-state index in [9.17, 15) is 0 Å². The molecule has 0 spiro atoms. The molecule has 0 amide bonds. The summed E-state index contributed by atoms with van der Waals surface area (Å²) in [7, 11) is 0. The molecule has 0 unspecified atom stereocenters. The molecule has 0 bridgehead atoms. The van der Waals surface area contributed by atoms with E-state index < -0.39 is 6.04 Å². The van der Waals surface area contributed by atoms with Crippen LogP contribution in [0.5, 0.6) is 0 Å². The maximum Gasteiger partial charge on any atom is 0.137 e. The van der Waals surface area contributed by atoms with Gasteiger partial charge in [0.1, 0.15) is 11.2 Å². The van der Waals surface area contributed by atoms with Crippen LogP contribution in [0.1, 0.15) is 6.85 Å². The van der Waals surface area contributed by atoms with E-state index in [1.807, 2.05) is 18.2 Å². The van der Waals surface area contributed by atoms with Gasteiger partial charge in [0.15, 0.2) is 0 Å². The van der Waals surface area contributed by atoms with E-state index in [1.54, 1.807) is 12.1 Å². The van der Waals surface area contributed by atoms with Crippen molar-refractivity contribution in [1.29, 1.82) is 0 Å². The molecule has 3 heteroatoms. The van der Waals surface area contributed by atoms with Gasteiger partial charge in [-0.2, -0.15) is 0 Å². The van der Waals surface area contributed by atoms with Crippen molar-refractivity contribution < 1.29 is 11.3 Å². The monoisotopic (exact) mass is 857 g/mol. The fraction of sp³-hybridized carbons (Fsp3) is 0. The second kappa shape index (κ2) is 14.8. The number of furan rings is 1. The van der Waals surface area contributed by atoms with E-state index in [1.165, 1.54) is 43.8 Å². The first-order valence-corrected chi connectivity index (χ1v) is 22.6. The number of para-hydroxylation sites is 2. The molecule has 0 aliphatic carbocycles. The molecule has 14 aromatic rings. The number of fused-ring (bicyclic) bond motifs is 10. The van der Waals surface area contributed by atoms with Gasteiger partial charge >= 0.3 is 0 Å². The molecule has 11 aromatic carbocycles. The predicted molar refractivity (Wildman–Crippen MR) is 282 cm³/mol. The summed E-state index contributed by atoms with van der Waals surface area (Å²) in [5.41, 5.74) is 15.4. The average molecular weight is 858 g/mol. The third kappa shape index (κ3) is 5.85. The molecule has 3 nitrogen and oxygen atoms in total. The number of hydrogen-bond donors (Lipinski definition) is 0. The maximum absolute atomic E-state index is 8.72. The highest BCUT2D eigenvalue weighted by Crippen LogP contribution is 2.42. The Morgan fingerprint density at radius 2 is 0.836 bits per heavy atom. The molecule has 67 heavy (non-hydrogen) atoms. The molecule has 0 radical (unpaired) electrons. The Morgan fingerprint density at radius 3 is 1.49 bits per heavy atom. The van der Waals surface area contributed by atoms with Gasteiger partial charge in [0, 0.05) is 49.8 Å². The third-order valence-corrected chi connectivity index (χ3v) is 13.6. The summed E-state index contributed by atoms with van der Waals surface area (Å²) < 4.78 is 53.4. The largest absolute Gasteiger partial charge is 0.456 e. The lowest BCUT2D eigenvalue weighted by Crippen LogP contribution is -1.94. The Kier molecular flexibility index (Phi) is 7.23. The molecule has 3 heterocycles.